The van der Waals surface area contributed by atoms with Crippen LogP contribution in [0.15, 0.2) is 18.2 Å². The second-order valence-corrected chi connectivity index (χ2v) is 5.74. The highest BCUT2D eigenvalue weighted by Gasteiger charge is 2.20. The van der Waals surface area contributed by atoms with E-state index in [1.807, 2.05) is 6.92 Å². The number of halogens is 2. The van der Waals surface area contributed by atoms with Crippen molar-refractivity contribution in [2.24, 2.45) is 0 Å². The molecule has 0 unspecified atom stereocenters. The summed E-state index contributed by atoms with van der Waals surface area (Å²) in [6.07, 6.45) is 5.96. The maximum absolute atomic E-state index is 12.9. The summed E-state index contributed by atoms with van der Waals surface area (Å²) >= 11 is 5.90. The van der Waals surface area contributed by atoms with Gasteiger partial charge in [-0.25, -0.2) is 4.39 Å². The maximum Gasteiger partial charge on any atom is 0.241 e. The van der Waals surface area contributed by atoms with Gasteiger partial charge in [0.05, 0.1) is 16.8 Å². The minimum Gasteiger partial charge on any atom is -0.323 e. The van der Waals surface area contributed by atoms with Gasteiger partial charge < -0.3 is 10.6 Å². The first-order valence-corrected chi connectivity index (χ1v) is 7.46. The van der Waals surface area contributed by atoms with E-state index < -0.39 is 5.82 Å². The Bertz CT molecular complexity index is 475. The molecule has 0 aliphatic heterocycles. The van der Waals surface area contributed by atoms with Crippen molar-refractivity contribution in [1.82, 2.24) is 5.32 Å². The summed E-state index contributed by atoms with van der Waals surface area (Å²) in [4.78, 5) is 12.1. The Morgan fingerprint density at radius 3 is 2.70 bits per heavy atom. The lowest BCUT2D eigenvalue weighted by atomic mass is 9.95. The van der Waals surface area contributed by atoms with Crippen molar-refractivity contribution in [1.29, 1.82) is 0 Å². The minimum absolute atomic E-state index is 0.149. The van der Waals surface area contributed by atoms with Crippen molar-refractivity contribution >= 4 is 23.2 Å². The van der Waals surface area contributed by atoms with Crippen molar-refractivity contribution in [2.45, 2.75) is 51.1 Å². The van der Waals surface area contributed by atoms with E-state index in [-0.39, 0.29) is 17.0 Å². The van der Waals surface area contributed by atoms with Gasteiger partial charge in [-0.2, -0.15) is 0 Å². The highest BCUT2D eigenvalue weighted by atomic mass is 35.5. The van der Waals surface area contributed by atoms with Gasteiger partial charge >= 0.3 is 0 Å². The highest BCUT2D eigenvalue weighted by molar-refractivity contribution is 6.33. The third kappa shape index (κ3) is 4.18. The van der Waals surface area contributed by atoms with Crippen LogP contribution in [0.5, 0.6) is 0 Å². The van der Waals surface area contributed by atoms with Crippen molar-refractivity contribution in [3.05, 3.63) is 29.0 Å². The summed E-state index contributed by atoms with van der Waals surface area (Å²) in [7, 11) is 0. The molecule has 1 fully saturated rings. The second kappa shape index (κ2) is 7.04. The first kappa shape index (κ1) is 15.3. The molecule has 0 aromatic heterocycles. The molecule has 0 spiro atoms. The second-order valence-electron chi connectivity index (χ2n) is 5.34. The van der Waals surface area contributed by atoms with Gasteiger partial charge in [-0.1, -0.05) is 30.9 Å². The molecule has 0 bridgehead atoms. The molecule has 3 nitrogen and oxygen atoms in total. The number of carbonyl (C=O) groups is 1. The van der Waals surface area contributed by atoms with Gasteiger partial charge in [-0.15, -0.1) is 0 Å². The molecule has 1 aromatic carbocycles. The predicted octanol–water partition coefficient (Wildman–Crippen LogP) is 3.73. The number of hydrogen-bond donors (Lipinski definition) is 2. The highest BCUT2D eigenvalue weighted by Crippen LogP contribution is 2.23. The molecular weight excluding hydrogens is 279 g/mol. The average molecular weight is 299 g/mol. The Hall–Kier alpha value is -1.13. The van der Waals surface area contributed by atoms with Crippen LogP contribution in [0.3, 0.4) is 0 Å². The molecule has 1 atom stereocenters. The van der Waals surface area contributed by atoms with Crippen LogP contribution < -0.4 is 10.6 Å². The fourth-order valence-electron chi connectivity index (χ4n) is 2.53. The molecule has 1 aliphatic carbocycles. The van der Waals surface area contributed by atoms with Crippen LogP contribution in [0.4, 0.5) is 10.1 Å². The number of carbonyl (C=O) groups excluding carboxylic acids is 1. The fourth-order valence-corrected chi connectivity index (χ4v) is 2.74. The number of hydrogen-bond acceptors (Lipinski definition) is 2. The Balaban J connectivity index is 1.89. The number of nitrogens with one attached hydrogen (secondary N) is 2. The Labute approximate surface area is 123 Å². The molecule has 5 heteroatoms. The van der Waals surface area contributed by atoms with E-state index in [2.05, 4.69) is 10.6 Å². The summed E-state index contributed by atoms with van der Waals surface area (Å²) in [6.45, 7) is 1.83. The normalized spacial score (nSPS) is 17.8. The van der Waals surface area contributed by atoms with E-state index in [0.717, 1.165) is 12.8 Å². The van der Waals surface area contributed by atoms with Crippen LogP contribution >= 0.6 is 11.6 Å². The summed E-state index contributed by atoms with van der Waals surface area (Å²) in [5.74, 6) is -0.564. The lowest BCUT2D eigenvalue weighted by Gasteiger charge is -2.26. The zero-order valence-corrected chi connectivity index (χ0v) is 12.3. The number of amides is 1. The van der Waals surface area contributed by atoms with Crippen molar-refractivity contribution in [3.8, 4) is 0 Å². The summed E-state index contributed by atoms with van der Waals surface area (Å²) in [5, 5.41) is 6.28. The molecule has 0 heterocycles. The molecular formula is C15H20ClFN2O. The van der Waals surface area contributed by atoms with Crippen LogP contribution in [0.2, 0.25) is 5.02 Å². The van der Waals surface area contributed by atoms with Crippen molar-refractivity contribution in [3.63, 3.8) is 0 Å². The standard InChI is InChI=1S/C15H20ClFN2O/c1-10(18-12-5-3-2-4-6-12)15(20)19-14-8-7-11(17)9-13(14)16/h7-10,12,18H,2-6H2,1H3,(H,19,20)/t10-/m1/s1. The Kier molecular flexibility index (Phi) is 5.38. The van der Waals surface area contributed by atoms with Crippen LogP contribution in [-0.4, -0.2) is 18.0 Å². The van der Waals surface area contributed by atoms with E-state index in [9.17, 15) is 9.18 Å². The molecule has 1 aliphatic rings. The molecule has 2 rings (SSSR count). The smallest absolute Gasteiger partial charge is 0.241 e. The van der Waals surface area contributed by atoms with Gasteiger partial charge in [0.25, 0.3) is 0 Å². The van der Waals surface area contributed by atoms with Gasteiger partial charge in [-0.05, 0) is 38.0 Å². The Morgan fingerprint density at radius 2 is 2.05 bits per heavy atom. The fraction of sp³-hybridized carbons (Fsp3) is 0.533. The van der Waals surface area contributed by atoms with Gasteiger partial charge in [0.2, 0.25) is 5.91 Å². The van der Waals surface area contributed by atoms with Gasteiger partial charge in [0.15, 0.2) is 0 Å². The number of benzene rings is 1. The summed E-state index contributed by atoms with van der Waals surface area (Å²) in [6, 6.07) is 4.06. The first-order valence-electron chi connectivity index (χ1n) is 7.08. The number of rotatable bonds is 4. The Morgan fingerprint density at radius 1 is 1.35 bits per heavy atom. The van der Waals surface area contributed by atoms with Crippen LogP contribution in [0, 0.1) is 5.82 Å². The largest absolute Gasteiger partial charge is 0.323 e. The number of anilines is 1. The van der Waals surface area contributed by atoms with Crippen LogP contribution in [0.25, 0.3) is 0 Å². The van der Waals surface area contributed by atoms with Crippen LogP contribution in [0.1, 0.15) is 39.0 Å². The molecule has 0 radical (unpaired) electrons. The van der Waals surface area contributed by atoms with Gasteiger partial charge in [-0.3, -0.25) is 4.79 Å². The van der Waals surface area contributed by atoms with Crippen LogP contribution in [-0.2, 0) is 4.79 Å². The van der Waals surface area contributed by atoms with E-state index in [1.165, 1.54) is 37.5 Å². The zero-order chi connectivity index (χ0) is 14.5. The molecule has 20 heavy (non-hydrogen) atoms. The molecule has 110 valence electrons. The van der Waals surface area contributed by atoms with Crippen molar-refractivity contribution < 1.29 is 9.18 Å². The predicted molar refractivity (Wildman–Crippen MR) is 79.5 cm³/mol. The zero-order valence-electron chi connectivity index (χ0n) is 11.6. The lowest BCUT2D eigenvalue weighted by molar-refractivity contribution is -0.118. The third-order valence-corrected chi connectivity index (χ3v) is 3.99. The van der Waals surface area contributed by atoms with E-state index in [1.54, 1.807) is 0 Å². The van der Waals surface area contributed by atoms with Gasteiger partial charge in [0, 0.05) is 6.04 Å². The molecule has 2 N–H and O–H groups in total. The summed E-state index contributed by atoms with van der Waals surface area (Å²) < 4.78 is 12.9. The lowest BCUT2D eigenvalue weighted by Crippen LogP contribution is -2.44. The molecule has 0 saturated heterocycles. The summed E-state index contributed by atoms with van der Waals surface area (Å²) in [5.41, 5.74) is 0.440. The molecule has 1 aromatic rings. The quantitative estimate of drug-likeness (QED) is 0.889. The SMILES string of the molecule is C[C@@H](NC1CCCCC1)C(=O)Nc1ccc(F)cc1Cl. The minimum atomic E-state index is -0.415. The molecule has 1 amide bonds. The van der Waals surface area contributed by atoms with Gasteiger partial charge in [0.1, 0.15) is 5.82 Å². The maximum atomic E-state index is 12.9. The average Bonchev–Trinajstić information content (AvgIpc) is 2.43. The topological polar surface area (TPSA) is 41.1 Å². The van der Waals surface area contributed by atoms with E-state index >= 15 is 0 Å². The monoisotopic (exact) mass is 298 g/mol. The van der Waals surface area contributed by atoms with E-state index in [4.69, 9.17) is 11.6 Å². The first-order chi connectivity index (χ1) is 9.56. The molecule has 1 saturated carbocycles. The third-order valence-electron chi connectivity index (χ3n) is 3.67. The van der Waals surface area contributed by atoms with Crippen molar-refractivity contribution in [2.75, 3.05) is 5.32 Å². The van der Waals surface area contributed by atoms with E-state index in [0.29, 0.717) is 11.7 Å².